The van der Waals surface area contributed by atoms with Crippen LogP contribution in [0.2, 0.25) is 0 Å². The lowest BCUT2D eigenvalue weighted by molar-refractivity contribution is -0.0140. The number of ether oxygens (including phenoxy) is 2. The number of rotatable bonds is 2. The number of carbonyl (C=O) groups is 2. The molecule has 0 radical (unpaired) electrons. The third-order valence-corrected chi connectivity index (χ3v) is 5.62. The molecule has 7 nitrogen and oxygen atoms in total. The molecule has 8 heteroatoms. The van der Waals surface area contributed by atoms with Crippen LogP contribution in [0.15, 0.2) is 60.8 Å². The third kappa shape index (κ3) is 3.59. The van der Waals surface area contributed by atoms with E-state index in [2.05, 4.69) is 4.98 Å². The maximum Gasteiger partial charge on any atom is 0.415 e. The Balaban J connectivity index is 1.42. The molecule has 1 atom stereocenters. The Morgan fingerprint density at radius 1 is 1.06 bits per heavy atom. The zero-order valence-electron chi connectivity index (χ0n) is 16.7. The molecule has 158 valence electrons. The Morgan fingerprint density at radius 2 is 1.90 bits per heavy atom. The van der Waals surface area contributed by atoms with Gasteiger partial charge in [0, 0.05) is 29.4 Å². The molecule has 31 heavy (non-hydrogen) atoms. The topological polar surface area (TPSA) is 72.0 Å². The fourth-order valence-electron chi connectivity index (χ4n) is 4.14. The van der Waals surface area contributed by atoms with E-state index < -0.39 is 11.7 Å². The minimum atomic E-state index is -1.000. The zero-order chi connectivity index (χ0) is 21.4. The van der Waals surface area contributed by atoms with Crippen LogP contribution in [-0.4, -0.2) is 60.3 Å². The maximum atomic E-state index is 13.4. The lowest BCUT2D eigenvalue weighted by atomic mass is 10.0. The molecular weight excluding hydrogens is 401 g/mol. The van der Waals surface area contributed by atoms with Crippen molar-refractivity contribution >= 4 is 28.6 Å². The standard InChI is InChI=1S/C23H20FN3O4/c24-16-6-8-17(9-7-16)27-14-23(31-22(27)29)13-26(11-12-30-15-23)21(28)19-3-1-5-20-18(19)4-2-10-25-20/h1-10H,11-15H2/t23-/m1/s1. The summed E-state index contributed by atoms with van der Waals surface area (Å²) in [4.78, 5) is 33.5. The number of aromatic nitrogens is 1. The van der Waals surface area contributed by atoms with Crippen LogP contribution < -0.4 is 4.90 Å². The fourth-order valence-corrected chi connectivity index (χ4v) is 4.14. The second-order valence-corrected chi connectivity index (χ2v) is 7.77. The highest BCUT2D eigenvalue weighted by Gasteiger charge is 2.49. The Bertz CT molecular complexity index is 1150. The number of fused-ring (bicyclic) bond motifs is 1. The second kappa shape index (κ2) is 7.63. The van der Waals surface area contributed by atoms with Crippen molar-refractivity contribution in [2.75, 3.05) is 37.7 Å². The minimum absolute atomic E-state index is 0.167. The van der Waals surface area contributed by atoms with Gasteiger partial charge in [0.15, 0.2) is 5.60 Å². The van der Waals surface area contributed by atoms with Crippen molar-refractivity contribution < 1.29 is 23.5 Å². The van der Waals surface area contributed by atoms with Crippen LogP contribution in [0.4, 0.5) is 14.9 Å². The molecule has 2 amide bonds. The summed E-state index contributed by atoms with van der Waals surface area (Å²) in [5.74, 6) is -0.551. The summed E-state index contributed by atoms with van der Waals surface area (Å²) in [6.07, 6.45) is 1.15. The highest BCUT2D eigenvalue weighted by atomic mass is 19.1. The van der Waals surface area contributed by atoms with Crippen molar-refractivity contribution in [1.29, 1.82) is 0 Å². The van der Waals surface area contributed by atoms with Gasteiger partial charge in [-0.2, -0.15) is 0 Å². The molecule has 0 saturated carbocycles. The van der Waals surface area contributed by atoms with Crippen molar-refractivity contribution in [3.8, 4) is 0 Å². The summed E-state index contributed by atoms with van der Waals surface area (Å²) in [7, 11) is 0. The summed E-state index contributed by atoms with van der Waals surface area (Å²) in [6.45, 7) is 1.30. The first-order valence-electron chi connectivity index (χ1n) is 10.0. The number of amides is 2. The largest absolute Gasteiger partial charge is 0.436 e. The quantitative estimate of drug-likeness (QED) is 0.635. The van der Waals surface area contributed by atoms with Crippen LogP contribution in [0.5, 0.6) is 0 Å². The molecule has 1 spiro atoms. The molecule has 1 aromatic heterocycles. The summed E-state index contributed by atoms with van der Waals surface area (Å²) in [5, 5.41) is 0.769. The first kappa shape index (κ1) is 19.4. The predicted molar refractivity (Wildman–Crippen MR) is 111 cm³/mol. The molecule has 0 unspecified atom stereocenters. The molecule has 2 aliphatic rings. The molecule has 2 aliphatic heterocycles. The SMILES string of the molecule is O=C(c1cccc2ncccc12)N1CCOC[C@@]2(C1)CN(c1ccc(F)cc1)C(=O)O2. The smallest absolute Gasteiger partial charge is 0.415 e. The van der Waals surface area contributed by atoms with Crippen LogP contribution >= 0.6 is 0 Å². The van der Waals surface area contributed by atoms with Gasteiger partial charge in [-0.05, 0) is 42.5 Å². The molecule has 0 N–H and O–H groups in total. The number of carbonyl (C=O) groups excluding carboxylic acids is 2. The number of anilines is 1. The Hall–Kier alpha value is -3.52. The molecule has 2 aromatic carbocycles. The summed E-state index contributed by atoms with van der Waals surface area (Å²) >= 11 is 0. The minimum Gasteiger partial charge on any atom is -0.436 e. The van der Waals surface area contributed by atoms with Gasteiger partial charge in [0.2, 0.25) is 0 Å². The van der Waals surface area contributed by atoms with Crippen LogP contribution in [-0.2, 0) is 9.47 Å². The first-order valence-corrected chi connectivity index (χ1v) is 10.0. The molecule has 2 saturated heterocycles. The van der Waals surface area contributed by atoms with Crippen molar-refractivity contribution in [3.63, 3.8) is 0 Å². The average molecular weight is 421 g/mol. The zero-order valence-corrected chi connectivity index (χ0v) is 16.7. The first-order chi connectivity index (χ1) is 15.0. The summed E-state index contributed by atoms with van der Waals surface area (Å²) in [5.41, 5.74) is 0.817. The van der Waals surface area contributed by atoms with Gasteiger partial charge < -0.3 is 14.4 Å². The van der Waals surface area contributed by atoms with Gasteiger partial charge in [-0.3, -0.25) is 14.7 Å². The van der Waals surface area contributed by atoms with E-state index in [1.807, 2.05) is 12.1 Å². The van der Waals surface area contributed by atoms with Gasteiger partial charge in [-0.25, -0.2) is 9.18 Å². The van der Waals surface area contributed by atoms with Gasteiger partial charge in [-0.1, -0.05) is 12.1 Å². The molecule has 0 aliphatic carbocycles. The highest BCUT2D eigenvalue weighted by molar-refractivity contribution is 6.06. The van der Waals surface area contributed by atoms with E-state index in [9.17, 15) is 14.0 Å². The van der Waals surface area contributed by atoms with E-state index in [-0.39, 0.29) is 31.4 Å². The van der Waals surface area contributed by atoms with E-state index in [0.717, 1.165) is 10.9 Å². The van der Waals surface area contributed by atoms with E-state index in [1.54, 1.807) is 29.3 Å². The van der Waals surface area contributed by atoms with Crippen molar-refractivity contribution in [2.45, 2.75) is 5.60 Å². The maximum absolute atomic E-state index is 13.4. The third-order valence-electron chi connectivity index (χ3n) is 5.62. The van der Waals surface area contributed by atoms with E-state index in [4.69, 9.17) is 9.47 Å². The van der Waals surface area contributed by atoms with Gasteiger partial charge in [0.25, 0.3) is 5.91 Å². The molecule has 3 aromatic rings. The van der Waals surface area contributed by atoms with Gasteiger partial charge in [0.05, 0.1) is 31.8 Å². The average Bonchev–Trinajstić information content (AvgIpc) is 2.97. The molecular formula is C23H20FN3O4. The lowest BCUT2D eigenvalue weighted by Crippen LogP contribution is -2.49. The van der Waals surface area contributed by atoms with Crippen LogP contribution in [0.3, 0.4) is 0 Å². The Morgan fingerprint density at radius 3 is 2.74 bits per heavy atom. The fraction of sp³-hybridized carbons (Fsp3) is 0.261. The molecule has 5 rings (SSSR count). The second-order valence-electron chi connectivity index (χ2n) is 7.77. The Kier molecular flexibility index (Phi) is 4.78. The predicted octanol–water partition coefficient (Wildman–Crippen LogP) is 3.24. The molecule has 3 heterocycles. The van der Waals surface area contributed by atoms with E-state index >= 15 is 0 Å². The number of pyridine rings is 1. The van der Waals surface area contributed by atoms with E-state index in [0.29, 0.717) is 24.4 Å². The summed E-state index contributed by atoms with van der Waals surface area (Å²) < 4.78 is 24.7. The number of hydrogen-bond donors (Lipinski definition) is 0. The van der Waals surface area contributed by atoms with Crippen LogP contribution in [0.25, 0.3) is 10.9 Å². The Labute approximate surface area is 178 Å². The van der Waals surface area contributed by atoms with Gasteiger partial charge in [-0.15, -0.1) is 0 Å². The lowest BCUT2D eigenvalue weighted by Gasteiger charge is -2.30. The summed E-state index contributed by atoms with van der Waals surface area (Å²) in [6, 6.07) is 14.7. The number of benzene rings is 2. The monoisotopic (exact) mass is 421 g/mol. The number of nitrogens with zero attached hydrogens (tertiary/aromatic N) is 3. The van der Waals surface area contributed by atoms with Crippen molar-refractivity contribution in [2.24, 2.45) is 0 Å². The normalized spacial score (nSPS) is 21.4. The van der Waals surface area contributed by atoms with Crippen LogP contribution in [0, 0.1) is 5.82 Å². The van der Waals surface area contributed by atoms with E-state index in [1.165, 1.54) is 29.2 Å². The molecule has 0 bridgehead atoms. The van der Waals surface area contributed by atoms with Crippen LogP contribution in [0.1, 0.15) is 10.4 Å². The van der Waals surface area contributed by atoms with Gasteiger partial charge in [0.1, 0.15) is 5.82 Å². The van der Waals surface area contributed by atoms with Gasteiger partial charge >= 0.3 is 6.09 Å². The number of halogens is 1. The highest BCUT2D eigenvalue weighted by Crippen LogP contribution is 2.31. The van der Waals surface area contributed by atoms with Crippen molar-refractivity contribution in [3.05, 3.63) is 72.2 Å². The van der Waals surface area contributed by atoms with Crippen molar-refractivity contribution in [1.82, 2.24) is 9.88 Å². The molecule has 2 fully saturated rings. The number of hydrogen-bond acceptors (Lipinski definition) is 5.